The van der Waals surface area contributed by atoms with Crippen LogP contribution in [-0.2, 0) is 10.2 Å². The SMILES string of the molecule is CC(N)C1(c2cc(NC(=O)OC(C)(C)C)ccc2F)CC1. The van der Waals surface area contributed by atoms with Gasteiger partial charge in [-0.15, -0.1) is 0 Å². The Labute approximate surface area is 124 Å². The summed E-state index contributed by atoms with van der Waals surface area (Å²) in [5.74, 6) is -0.278. The molecule has 0 heterocycles. The summed E-state index contributed by atoms with van der Waals surface area (Å²) in [5.41, 5.74) is 6.22. The number of anilines is 1. The molecular formula is C16H23FN2O2. The van der Waals surface area contributed by atoms with Gasteiger partial charge in [0.25, 0.3) is 0 Å². The van der Waals surface area contributed by atoms with Crippen LogP contribution in [0.1, 0.15) is 46.1 Å². The van der Waals surface area contributed by atoms with E-state index in [2.05, 4.69) is 5.32 Å². The van der Waals surface area contributed by atoms with Crippen LogP contribution in [0, 0.1) is 5.82 Å². The number of ether oxygens (including phenoxy) is 1. The third kappa shape index (κ3) is 3.53. The lowest BCUT2D eigenvalue weighted by atomic mass is 9.89. The van der Waals surface area contributed by atoms with Crippen LogP contribution in [0.5, 0.6) is 0 Å². The van der Waals surface area contributed by atoms with E-state index in [4.69, 9.17) is 10.5 Å². The highest BCUT2D eigenvalue weighted by molar-refractivity contribution is 5.85. The molecule has 1 saturated carbocycles. The van der Waals surface area contributed by atoms with Crippen molar-refractivity contribution in [3.05, 3.63) is 29.6 Å². The highest BCUT2D eigenvalue weighted by Crippen LogP contribution is 2.51. The maximum Gasteiger partial charge on any atom is 0.412 e. The summed E-state index contributed by atoms with van der Waals surface area (Å²) in [5, 5.41) is 2.64. The number of amides is 1. The van der Waals surface area contributed by atoms with E-state index in [0.717, 1.165) is 12.8 Å². The normalized spacial score (nSPS) is 18.0. The molecule has 5 heteroatoms. The van der Waals surface area contributed by atoms with Crippen molar-refractivity contribution >= 4 is 11.8 Å². The number of nitrogens with two attached hydrogens (primary N) is 1. The minimum absolute atomic E-state index is 0.122. The molecule has 2 rings (SSSR count). The number of carbonyl (C=O) groups excluding carboxylic acids is 1. The first kappa shape index (κ1) is 15.8. The van der Waals surface area contributed by atoms with E-state index in [-0.39, 0.29) is 17.3 Å². The number of benzene rings is 1. The van der Waals surface area contributed by atoms with Crippen LogP contribution in [0.15, 0.2) is 18.2 Å². The molecule has 0 radical (unpaired) electrons. The van der Waals surface area contributed by atoms with Gasteiger partial charge in [-0.1, -0.05) is 0 Å². The van der Waals surface area contributed by atoms with Crippen LogP contribution in [0.3, 0.4) is 0 Å². The standard InChI is InChI=1S/C16H23FN2O2/c1-10(18)16(7-8-16)12-9-11(5-6-13(12)17)19-14(20)21-15(2,3)4/h5-6,9-10H,7-8,18H2,1-4H3,(H,19,20). The lowest BCUT2D eigenvalue weighted by Crippen LogP contribution is -2.32. The third-order valence-electron chi connectivity index (χ3n) is 3.81. The molecule has 1 amide bonds. The molecule has 1 aliphatic rings. The third-order valence-corrected chi connectivity index (χ3v) is 3.81. The van der Waals surface area contributed by atoms with Crippen LogP contribution in [0.2, 0.25) is 0 Å². The Balaban J connectivity index is 2.18. The summed E-state index contributed by atoms with van der Waals surface area (Å²) >= 11 is 0. The Morgan fingerprint density at radius 2 is 2.05 bits per heavy atom. The molecule has 1 aromatic rings. The predicted octanol–water partition coefficient (Wildman–Crippen LogP) is 3.55. The maximum atomic E-state index is 14.1. The first-order chi connectivity index (χ1) is 9.64. The smallest absolute Gasteiger partial charge is 0.412 e. The predicted molar refractivity (Wildman–Crippen MR) is 80.8 cm³/mol. The summed E-state index contributed by atoms with van der Waals surface area (Å²) < 4.78 is 19.3. The van der Waals surface area contributed by atoms with E-state index in [1.807, 2.05) is 6.92 Å². The Hall–Kier alpha value is -1.62. The zero-order chi connectivity index (χ0) is 15.8. The summed E-state index contributed by atoms with van der Waals surface area (Å²) in [4.78, 5) is 11.8. The number of hydrogen-bond donors (Lipinski definition) is 2. The molecule has 0 aromatic heterocycles. The number of hydrogen-bond acceptors (Lipinski definition) is 3. The molecule has 21 heavy (non-hydrogen) atoms. The Bertz CT molecular complexity index is 546. The van der Waals surface area contributed by atoms with Gasteiger partial charge < -0.3 is 10.5 Å². The fourth-order valence-corrected chi connectivity index (χ4v) is 2.51. The van der Waals surface area contributed by atoms with Crippen molar-refractivity contribution in [3.63, 3.8) is 0 Å². The molecule has 0 spiro atoms. The lowest BCUT2D eigenvalue weighted by Gasteiger charge is -2.22. The summed E-state index contributed by atoms with van der Waals surface area (Å²) in [6, 6.07) is 4.43. The summed E-state index contributed by atoms with van der Waals surface area (Å²) in [6.45, 7) is 7.26. The van der Waals surface area contributed by atoms with Crippen LogP contribution in [0.4, 0.5) is 14.9 Å². The van der Waals surface area contributed by atoms with Gasteiger partial charge in [-0.25, -0.2) is 9.18 Å². The fraction of sp³-hybridized carbons (Fsp3) is 0.562. The molecule has 116 valence electrons. The van der Waals surface area contributed by atoms with Crippen molar-refractivity contribution in [1.29, 1.82) is 0 Å². The Morgan fingerprint density at radius 3 is 2.52 bits per heavy atom. The van der Waals surface area contributed by atoms with Crippen molar-refractivity contribution in [1.82, 2.24) is 0 Å². The second-order valence-corrected chi connectivity index (χ2v) is 6.77. The number of halogens is 1. The maximum absolute atomic E-state index is 14.1. The van der Waals surface area contributed by atoms with Gasteiger partial charge in [-0.3, -0.25) is 5.32 Å². The van der Waals surface area contributed by atoms with Crippen LogP contribution in [0.25, 0.3) is 0 Å². The second kappa shape index (κ2) is 5.30. The van der Waals surface area contributed by atoms with Crippen molar-refractivity contribution < 1.29 is 13.9 Å². The molecule has 0 saturated heterocycles. The zero-order valence-corrected chi connectivity index (χ0v) is 13.0. The van der Waals surface area contributed by atoms with Crippen molar-refractivity contribution in [3.8, 4) is 0 Å². The average molecular weight is 294 g/mol. The van der Waals surface area contributed by atoms with E-state index in [9.17, 15) is 9.18 Å². The molecule has 1 unspecified atom stereocenters. The van der Waals surface area contributed by atoms with Crippen LogP contribution < -0.4 is 11.1 Å². The second-order valence-electron chi connectivity index (χ2n) is 6.77. The Morgan fingerprint density at radius 1 is 1.43 bits per heavy atom. The first-order valence-corrected chi connectivity index (χ1v) is 7.20. The van der Waals surface area contributed by atoms with E-state index in [0.29, 0.717) is 11.3 Å². The van der Waals surface area contributed by atoms with Gasteiger partial charge in [0.1, 0.15) is 11.4 Å². The van der Waals surface area contributed by atoms with E-state index in [1.165, 1.54) is 12.1 Å². The quantitative estimate of drug-likeness (QED) is 0.896. The number of rotatable bonds is 3. The monoisotopic (exact) mass is 294 g/mol. The van der Waals surface area contributed by atoms with Gasteiger partial charge in [0.05, 0.1) is 0 Å². The lowest BCUT2D eigenvalue weighted by molar-refractivity contribution is 0.0636. The molecule has 1 aromatic carbocycles. The van der Waals surface area contributed by atoms with Crippen molar-refractivity contribution in [2.75, 3.05) is 5.32 Å². The average Bonchev–Trinajstić information content (AvgIpc) is 3.10. The largest absolute Gasteiger partial charge is 0.444 e. The van der Waals surface area contributed by atoms with Crippen LogP contribution in [-0.4, -0.2) is 17.7 Å². The minimum Gasteiger partial charge on any atom is -0.444 e. The van der Waals surface area contributed by atoms with Gasteiger partial charge >= 0.3 is 6.09 Å². The number of nitrogens with one attached hydrogen (secondary N) is 1. The summed E-state index contributed by atoms with van der Waals surface area (Å²) in [6.07, 6.45) is 1.19. The number of carbonyl (C=O) groups is 1. The van der Waals surface area contributed by atoms with E-state index >= 15 is 0 Å². The molecule has 0 bridgehead atoms. The van der Waals surface area contributed by atoms with Crippen molar-refractivity contribution in [2.45, 2.75) is 57.6 Å². The van der Waals surface area contributed by atoms with Gasteiger partial charge in [0, 0.05) is 17.1 Å². The molecule has 3 N–H and O–H groups in total. The Kier molecular flexibility index (Phi) is 3.97. The molecule has 1 fully saturated rings. The van der Waals surface area contributed by atoms with Gasteiger partial charge in [0.15, 0.2) is 0 Å². The van der Waals surface area contributed by atoms with Gasteiger partial charge in [0.2, 0.25) is 0 Å². The molecule has 0 aliphatic heterocycles. The molecule has 1 aliphatic carbocycles. The molecule has 1 atom stereocenters. The van der Waals surface area contributed by atoms with Gasteiger partial charge in [-0.05, 0) is 64.3 Å². The molecular weight excluding hydrogens is 271 g/mol. The minimum atomic E-state index is -0.573. The van der Waals surface area contributed by atoms with E-state index in [1.54, 1.807) is 26.8 Å². The highest BCUT2D eigenvalue weighted by Gasteiger charge is 2.49. The van der Waals surface area contributed by atoms with E-state index < -0.39 is 11.7 Å². The zero-order valence-electron chi connectivity index (χ0n) is 13.0. The highest BCUT2D eigenvalue weighted by atomic mass is 19.1. The molecule has 4 nitrogen and oxygen atoms in total. The van der Waals surface area contributed by atoms with Crippen molar-refractivity contribution in [2.24, 2.45) is 5.73 Å². The summed E-state index contributed by atoms with van der Waals surface area (Å²) in [7, 11) is 0. The fourth-order valence-electron chi connectivity index (χ4n) is 2.51. The van der Waals surface area contributed by atoms with Gasteiger partial charge in [-0.2, -0.15) is 0 Å². The topological polar surface area (TPSA) is 64.3 Å². The first-order valence-electron chi connectivity index (χ1n) is 7.20. The van der Waals surface area contributed by atoms with Crippen LogP contribution >= 0.6 is 0 Å².